The summed E-state index contributed by atoms with van der Waals surface area (Å²) in [6.07, 6.45) is 0. The number of carbonyl (C=O) groups excluding carboxylic acids is 1. The van der Waals surface area contributed by atoms with Crippen molar-refractivity contribution in [2.24, 2.45) is 0 Å². The van der Waals surface area contributed by atoms with Gasteiger partial charge in [-0.25, -0.2) is 9.37 Å². The first-order chi connectivity index (χ1) is 13.0. The van der Waals surface area contributed by atoms with Crippen molar-refractivity contribution in [1.29, 1.82) is 0 Å². The minimum Gasteiger partial charge on any atom is -0.436 e. The van der Waals surface area contributed by atoms with Crippen LogP contribution in [0.1, 0.15) is 10.4 Å². The molecule has 0 bridgehead atoms. The van der Waals surface area contributed by atoms with Crippen LogP contribution in [0.5, 0.6) is 0 Å². The Hall–Kier alpha value is -2.89. The molecule has 0 aliphatic rings. The minimum absolute atomic E-state index is 0.274. The number of fused-ring (bicyclic) bond motifs is 1. The summed E-state index contributed by atoms with van der Waals surface area (Å²) in [6, 6.07) is 15.6. The summed E-state index contributed by atoms with van der Waals surface area (Å²) in [5.74, 6) is -0.352. The van der Waals surface area contributed by atoms with E-state index in [1.54, 1.807) is 42.5 Å². The molecule has 0 saturated heterocycles. The molecule has 0 aliphatic heterocycles. The minimum atomic E-state index is -0.385. The zero-order valence-electron chi connectivity index (χ0n) is 13.7. The van der Waals surface area contributed by atoms with Gasteiger partial charge < -0.3 is 9.73 Å². The van der Waals surface area contributed by atoms with E-state index in [0.29, 0.717) is 38.3 Å². The Morgan fingerprint density at radius 2 is 1.78 bits per heavy atom. The van der Waals surface area contributed by atoms with E-state index in [1.807, 2.05) is 0 Å². The average molecular weight is 401 g/mol. The number of rotatable bonds is 3. The van der Waals surface area contributed by atoms with Gasteiger partial charge in [0.25, 0.3) is 5.91 Å². The van der Waals surface area contributed by atoms with Crippen molar-refractivity contribution >= 4 is 45.9 Å². The van der Waals surface area contributed by atoms with Crippen molar-refractivity contribution in [3.8, 4) is 11.5 Å². The molecule has 0 radical (unpaired) electrons. The van der Waals surface area contributed by atoms with E-state index in [0.717, 1.165) is 0 Å². The summed E-state index contributed by atoms with van der Waals surface area (Å²) in [5.41, 5.74) is 2.57. The lowest BCUT2D eigenvalue weighted by molar-refractivity contribution is 0.102. The summed E-state index contributed by atoms with van der Waals surface area (Å²) >= 11 is 12.0. The van der Waals surface area contributed by atoms with Crippen molar-refractivity contribution in [3.05, 3.63) is 82.1 Å². The molecular weight excluding hydrogens is 390 g/mol. The molecule has 0 atom stereocenters. The number of carbonyl (C=O) groups is 1. The van der Waals surface area contributed by atoms with Crippen molar-refractivity contribution in [1.82, 2.24) is 4.98 Å². The van der Waals surface area contributed by atoms with Gasteiger partial charge in [-0.2, -0.15) is 0 Å². The van der Waals surface area contributed by atoms with E-state index in [4.69, 9.17) is 27.6 Å². The maximum atomic E-state index is 13.1. The van der Waals surface area contributed by atoms with Crippen LogP contribution in [0.15, 0.2) is 65.1 Å². The number of hydrogen-bond acceptors (Lipinski definition) is 3. The maximum Gasteiger partial charge on any atom is 0.257 e. The number of nitrogens with zero attached hydrogens (tertiary/aromatic N) is 1. The fourth-order valence-corrected chi connectivity index (χ4v) is 2.97. The van der Waals surface area contributed by atoms with Crippen molar-refractivity contribution in [3.63, 3.8) is 0 Å². The van der Waals surface area contributed by atoms with Crippen LogP contribution in [0.25, 0.3) is 22.6 Å². The summed E-state index contributed by atoms with van der Waals surface area (Å²) in [4.78, 5) is 16.8. The van der Waals surface area contributed by atoms with E-state index < -0.39 is 0 Å². The highest BCUT2D eigenvalue weighted by molar-refractivity contribution is 6.36. The molecular formula is C20H11Cl2FN2O2. The number of benzene rings is 3. The number of nitrogens with one attached hydrogen (secondary N) is 1. The number of halogens is 3. The quantitative estimate of drug-likeness (QED) is 0.445. The zero-order valence-corrected chi connectivity index (χ0v) is 15.2. The number of hydrogen-bond donors (Lipinski definition) is 1. The first kappa shape index (κ1) is 17.5. The third-order valence-corrected chi connectivity index (χ3v) is 4.47. The van der Waals surface area contributed by atoms with Gasteiger partial charge in [-0.15, -0.1) is 0 Å². The highest BCUT2D eigenvalue weighted by Gasteiger charge is 2.13. The number of aromatic nitrogens is 1. The molecule has 27 heavy (non-hydrogen) atoms. The van der Waals surface area contributed by atoms with Crippen LogP contribution in [0.2, 0.25) is 10.0 Å². The molecule has 1 amide bonds. The molecule has 4 aromatic rings. The normalized spacial score (nSPS) is 10.9. The second kappa shape index (κ2) is 7.02. The maximum absolute atomic E-state index is 13.1. The molecule has 4 rings (SSSR count). The Morgan fingerprint density at radius 3 is 2.56 bits per heavy atom. The van der Waals surface area contributed by atoms with Crippen molar-refractivity contribution in [2.45, 2.75) is 0 Å². The van der Waals surface area contributed by atoms with Gasteiger partial charge in [-0.1, -0.05) is 23.2 Å². The van der Waals surface area contributed by atoms with Gasteiger partial charge >= 0.3 is 0 Å². The largest absolute Gasteiger partial charge is 0.436 e. The Morgan fingerprint density at radius 1 is 1.00 bits per heavy atom. The molecule has 1 aromatic heterocycles. The van der Waals surface area contributed by atoms with Crippen molar-refractivity contribution in [2.75, 3.05) is 5.32 Å². The van der Waals surface area contributed by atoms with Gasteiger partial charge in [0.1, 0.15) is 11.3 Å². The van der Waals surface area contributed by atoms with Crippen LogP contribution in [0.3, 0.4) is 0 Å². The predicted octanol–water partition coefficient (Wildman–Crippen LogP) is 6.19. The number of amides is 1. The van der Waals surface area contributed by atoms with E-state index >= 15 is 0 Å². The van der Waals surface area contributed by atoms with Gasteiger partial charge in [-0.3, -0.25) is 4.79 Å². The predicted molar refractivity (Wildman–Crippen MR) is 104 cm³/mol. The lowest BCUT2D eigenvalue weighted by Gasteiger charge is -2.07. The summed E-state index contributed by atoms with van der Waals surface area (Å²) in [7, 11) is 0. The molecule has 0 spiro atoms. The van der Waals surface area contributed by atoms with Crippen LogP contribution < -0.4 is 5.32 Å². The van der Waals surface area contributed by atoms with Crippen LogP contribution in [0, 0.1) is 5.82 Å². The zero-order chi connectivity index (χ0) is 19.0. The monoisotopic (exact) mass is 400 g/mol. The third-order valence-electron chi connectivity index (χ3n) is 3.91. The first-order valence-corrected chi connectivity index (χ1v) is 8.68. The SMILES string of the molecule is O=C(Nc1ccc2oc(-c3ccc(F)cc3)nc2c1)c1cc(Cl)ccc1Cl. The molecule has 7 heteroatoms. The van der Waals surface area contributed by atoms with Gasteiger partial charge in [0.05, 0.1) is 10.6 Å². The van der Waals surface area contributed by atoms with Gasteiger partial charge in [-0.05, 0) is 60.7 Å². The van der Waals surface area contributed by atoms with Gasteiger partial charge in [0.15, 0.2) is 5.58 Å². The molecule has 1 heterocycles. The van der Waals surface area contributed by atoms with Crippen LogP contribution in [0.4, 0.5) is 10.1 Å². The lowest BCUT2D eigenvalue weighted by Crippen LogP contribution is -2.12. The highest BCUT2D eigenvalue weighted by Crippen LogP contribution is 2.27. The van der Waals surface area contributed by atoms with Crippen molar-refractivity contribution < 1.29 is 13.6 Å². The molecule has 4 nitrogen and oxygen atoms in total. The Labute approximate surface area is 163 Å². The lowest BCUT2D eigenvalue weighted by atomic mass is 10.2. The summed E-state index contributed by atoms with van der Waals surface area (Å²) < 4.78 is 18.8. The summed E-state index contributed by atoms with van der Waals surface area (Å²) in [5, 5.41) is 3.48. The van der Waals surface area contributed by atoms with Crippen LogP contribution in [-0.4, -0.2) is 10.9 Å². The molecule has 0 unspecified atom stereocenters. The number of anilines is 1. The summed E-state index contributed by atoms with van der Waals surface area (Å²) in [6.45, 7) is 0. The fraction of sp³-hybridized carbons (Fsp3) is 0. The average Bonchev–Trinajstić information content (AvgIpc) is 3.07. The standard InChI is InChI=1S/C20H11Cl2FN2O2/c21-12-3-7-16(22)15(9-12)19(26)24-14-6-8-18-17(10-14)25-20(27-18)11-1-4-13(23)5-2-11/h1-10H,(H,24,26). The van der Waals surface area contributed by atoms with Crippen LogP contribution in [-0.2, 0) is 0 Å². The molecule has 0 fully saturated rings. The van der Waals surface area contributed by atoms with E-state index in [1.165, 1.54) is 18.2 Å². The van der Waals surface area contributed by atoms with E-state index in [9.17, 15) is 9.18 Å². The highest BCUT2D eigenvalue weighted by atomic mass is 35.5. The topological polar surface area (TPSA) is 55.1 Å². The van der Waals surface area contributed by atoms with Crippen LogP contribution >= 0.6 is 23.2 Å². The second-order valence-corrected chi connectivity index (χ2v) is 6.63. The first-order valence-electron chi connectivity index (χ1n) is 7.92. The Kier molecular flexibility index (Phi) is 4.56. The van der Waals surface area contributed by atoms with Gasteiger partial charge in [0, 0.05) is 16.3 Å². The molecule has 0 saturated carbocycles. The van der Waals surface area contributed by atoms with E-state index in [-0.39, 0.29) is 17.3 Å². The smallest absolute Gasteiger partial charge is 0.257 e. The fourth-order valence-electron chi connectivity index (χ4n) is 2.59. The Bertz CT molecular complexity index is 1160. The molecule has 3 aromatic carbocycles. The van der Waals surface area contributed by atoms with Gasteiger partial charge in [0.2, 0.25) is 5.89 Å². The molecule has 0 aliphatic carbocycles. The van der Waals surface area contributed by atoms with E-state index in [2.05, 4.69) is 10.3 Å². The Balaban J connectivity index is 1.62. The molecule has 134 valence electrons. The second-order valence-electron chi connectivity index (χ2n) is 5.79. The number of oxazole rings is 1. The third kappa shape index (κ3) is 3.65. The molecule has 1 N–H and O–H groups in total.